The molecule has 8 heteroatoms. The zero-order valence-electron chi connectivity index (χ0n) is 18.0. The van der Waals surface area contributed by atoms with Gasteiger partial charge in [0, 0.05) is 23.9 Å². The molecule has 0 spiro atoms. The number of sulfone groups is 1. The van der Waals surface area contributed by atoms with Crippen molar-refractivity contribution in [2.75, 3.05) is 19.5 Å². The van der Waals surface area contributed by atoms with Gasteiger partial charge in [0.2, 0.25) is 0 Å². The summed E-state index contributed by atoms with van der Waals surface area (Å²) >= 11 is 0. The van der Waals surface area contributed by atoms with Crippen LogP contribution in [-0.2, 0) is 15.6 Å². The fourth-order valence-corrected chi connectivity index (χ4v) is 4.71. The maximum absolute atomic E-state index is 13.2. The number of hydrogen-bond donors (Lipinski definition) is 1. The monoisotopic (exact) mass is 449 g/mol. The maximum atomic E-state index is 13.2. The number of ether oxygens (including phenoxy) is 2. The summed E-state index contributed by atoms with van der Waals surface area (Å²) in [5.41, 5.74) is 3.11. The highest BCUT2D eigenvalue weighted by molar-refractivity contribution is 7.90. The van der Waals surface area contributed by atoms with E-state index in [-0.39, 0.29) is 10.6 Å². The number of aryl methyl sites for hydroxylation is 1. The summed E-state index contributed by atoms with van der Waals surface area (Å²) in [6, 6.07) is 19.5. The molecule has 1 N–H and O–H groups in total. The van der Waals surface area contributed by atoms with Crippen molar-refractivity contribution in [3.05, 3.63) is 78.0 Å². The molecule has 32 heavy (non-hydrogen) atoms. The Kier molecular flexibility index (Phi) is 5.96. The van der Waals surface area contributed by atoms with E-state index in [0.717, 1.165) is 5.56 Å². The Balaban J connectivity index is 1.79. The molecular weight excluding hydrogens is 426 g/mol. The molecule has 4 aromatic rings. The molecule has 0 bridgehead atoms. The zero-order valence-corrected chi connectivity index (χ0v) is 18.8. The molecule has 0 unspecified atom stereocenters. The Morgan fingerprint density at radius 3 is 2.12 bits per heavy atom. The van der Waals surface area contributed by atoms with Crippen LogP contribution < -0.4 is 14.8 Å². The van der Waals surface area contributed by atoms with Crippen molar-refractivity contribution in [1.29, 1.82) is 0 Å². The standard InChI is InChI=1S/C24H23N3O4S/c1-16-7-6-8-20(11-16)32(28,29)15-23-24(27-22-10-5-4-9-21(22)26-23)25-17-12-18(30-2)14-19(13-17)31-3/h4-14H,15H2,1-3H3,(H,25,27). The van der Waals surface area contributed by atoms with Crippen molar-refractivity contribution in [2.24, 2.45) is 0 Å². The Bertz CT molecular complexity index is 1370. The van der Waals surface area contributed by atoms with Crippen LogP contribution in [0, 0.1) is 6.92 Å². The zero-order chi connectivity index (χ0) is 22.7. The minimum Gasteiger partial charge on any atom is -0.497 e. The Morgan fingerprint density at radius 2 is 1.50 bits per heavy atom. The number of nitrogens with one attached hydrogen (secondary N) is 1. The van der Waals surface area contributed by atoms with E-state index in [1.807, 2.05) is 37.3 Å². The number of methoxy groups -OCH3 is 2. The average molecular weight is 450 g/mol. The summed E-state index contributed by atoms with van der Waals surface area (Å²) in [6.45, 7) is 1.86. The lowest BCUT2D eigenvalue weighted by molar-refractivity contribution is 0.395. The quantitative estimate of drug-likeness (QED) is 0.438. The molecule has 0 atom stereocenters. The van der Waals surface area contributed by atoms with Crippen molar-refractivity contribution in [3.63, 3.8) is 0 Å². The van der Waals surface area contributed by atoms with E-state index in [2.05, 4.69) is 15.3 Å². The highest BCUT2D eigenvalue weighted by Gasteiger charge is 2.21. The molecule has 0 aliphatic carbocycles. The van der Waals surface area contributed by atoms with E-state index in [0.29, 0.717) is 39.7 Å². The molecule has 0 fully saturated rings. The van der Waals surface area contributed by atoms with Gasteiger partial charge in [-0.1, -0.05) is 24.3 Å². The van der Waals surface area contributed by atoms with Gasteiger partial charge in [0.1, 0.15) is 17.3 Å². The van der Waals surface area contributed by atoms with Gasteiger partial charge in [-0.2, -0.15) is 0 Å². The van der Waals surface area contributed by atoms with Crippen LogP contribution in [0.3, 0.4) is 0 Å². The van der Waals surface area contributed by atoms with Crippen molar-refractivity contribution in [3.8, 4) is 11.5 Å². The third-order valence-corrected chi connectivity index (χ3v) is 6.56. The molecule has 0 saturated carbocycles. The normalized spacial score (nSPS) is 11.3. The largest absolute Gasteiger partial charge is 0.497 e. The molecule has 1 aromatic heterocycles. The van der Waals surface area contributed by atoms with E-state index in [4.69, 9.17) is 9.47 Å². The van der Waals surface area contributed by atoms with Gasteiger partial charge < -0.3 is 14.8 Å². The van der Waals surface area contributed by atoms with Gasteiger partial charge in [0.15, 0.2) is 15.7 Å². The van der Waals surface area contributed by atoms with Crippen molar-refractivity contribution >= 4 is 32.4 Å². The number of fused-ring (bicyclic) bond motifs is 1. The minimum atomic E-state index is -3.64. The molecule has 0 radical (unpaired) electrons. The third kappa shape index (κ3) is 4.65. The summed E-state index contributed by atoms with van der Waals surface area (Å²) in [5, 5.41) is 3.20. The summed E-state index contributed by atoms with van der Waals surface area (Å²) in [4.78, 5) is 9.53. The first-order valence-corrected chi connectivity index (χ1v) is 11.6. The Hall–Kier alpha value is -3.65. The molecule has 3 aromatic carbocycles. The molecule has 7 nitrogen and oxygen atoms in total. The molecule has 0 saturated heterocycles. The molecule has 0 amide bonds. The number of benzene rings is 3. The first kappa shape index (κ1) is 21.6. The topological polar surface area (TPSA) is 90.4 Å². The van der Waals surface area contributed by atoms with Gasteiger partial charge in [0.05, 0.1) is 35.8 Å². The highest BCUT2D eigenvalue weighted by atomic mass is 32.2. The second-order valence-electron chi connectivity index (χ2n) is 7.31. The van der Waals surface area contributed by atoms with Crippen LogP contribution in [0.25, 0.3) is 11.0 Å². The highest BCUT2D eigenvalue weighted by Crippen LogP contribution is 2.30. The van der Waals surface area contributed by atoms with E-state index in [1.165, 1.54) is 0 Å². The van der Waals surface area contributed by atoms with Gasteiger partial charge in [-0.05, 0) is 36.8 Å². The summed E-state index contributed by atoms with van der Waals surface area (Å²) in [7, 11) is -0.509. The van der Waals surface area contributed by atoms with Gasteiger partial charge >= 0.3 is 0 Å². The third-order valence-electron chi connectivity index (χ3n) is 4.93. The van der Waals surface area contributed by atoms with Gasteiger partial charge in [-0.3, -0.25) is 0 Å². The van der Waals surface area contributed by atoms with Crippen molar-refractivity contribution < 1.29 is 17.9 Å². The molecule has 0 aliphatic rings. The van der Waals surface area contributed by atoms with Gasteiger partial charge in [-0.25, -0.2) is 18.4 Å². The fraction of sp³-hybridized carbons (Fsp3) is 0.167. The van der Waals surface area contributed by atoms with E-state index >= 15 is 0 Å². The SMILES string of the molecule is COc1cc(Nc2nc3ccccc3nc2CS(=O)(=O)c2cccc(C)c2)cc(OC)c1. The number of hydrogen-bond acceptors (Lipinski definition) is 7. The van der Waals surface area contributed by atoms with Crippen LogP contribution in [-0.4, -0.2) is 32.6 Å². The summed E-state index contributed by atoms with van der Waals surface area (Å²) < 4.78 is 37.0. The lowest BCUT2D eigenvalue weighted by atomic mass is 10.2. The average Bonchev–Trinajstić information content (AvgIpc) is 2.79. The van der Waals surface area contributed by atoms with Crippen LogP contribution in [0.5, 0.6) is 11.5 Å². The number of anilines is 2. The molecule has 4 rings (SSSR count). The second-order valence-corrected chi connectivity index (χ2v) is 9.30. The predicted molar refractivity (Wildman–Crippen MR) is 124 cm³/mol. The molecule has 0 aliphatic heterocycles. The fourth-order valence-electron chi connectivity index (χ4n) is 3.33. The molecular formula is C24H23N3O4S. The van der Waals surface area contributed by atoms with Gasteiger partial charge in [-0.15, -0.1) is 0 Å². The first-order chi connectivity index (χ1) is 15.4. The molecule has 164 valence electrons. The Morgan fingerprint density at radius 1 is 0.844 bits per heavy atom. The van der Waals surface area contributed by atoms with Crippen LogP contribution in [0.1, 0.15) is 11.3 Å². The number of rotatable bonds is 7. The van der Waals surface area contributed by atoms with Crippen molar-refractivity contribution in [1.82, 2.24) is 9.97 Å². The lowest BCUT2D eigenvalue weighted by Crippen LogP contribution is -2.10. The van der Waals surface area contributed by atoms with E-state index in [9.17, 15) is 8.42 Å². The predicted octanol–water partition coefficient (Wildman–Crippen LogP) is 4.67. The van der Waals surface area contributed by atoms with Crippen LogP contribution in [0.2, 0.25) is 0 Å². The first-order valence-electron chi connectivity index (χ1n) is 9.93. The van der Waals surface area contributed by atoms with Gasteiger partial charge in [0.25, 0.3) is 0 Å². The van der Waals surface area contributed by atoms with Crippen LogP contribution in [0.4, 0.5) is 11.5 Å². The Labute approximate surface area is 187 Å². The maximum Gasteiger partial charge on any atom is 0.184 e. The smallest absolute Gasteiger partial charge is 0.184 e. The van der Waals surface area contributed by atoms with Crippen LogP contribution >= 0.6 is 0 Å². The van der Waals surface area contributed by atoms with Crippen LogP contribution in [0.15, 0.2) is 71.6 Å². The second kappa shape index (κ2) is 8.84. The summed E-state index contributed by atoms with van der Waals surface area (Å²) in [6.07, 6.45) is 0. The molecule has 1 heterocycles. The minimum absolute atomic E-state index is 0.251. The van der Waals surface area contributed by atoms with Crippen molar-refractivity contribution in [2.45, 2.75) is 17.6 Å². The summed E-state index contributed by atoms with van der Waals surface area (Å²) in [5.74, 6) is 1.25. The number of nitrogens with zero attached hydrogens (tertiary/aromatic N) is 2. The lowest BCUT2D eigenvalue weighted by Gasteiger charge is -2.14. The number of para-hydroxylation sites is 2. The number of aromatic nitrogens is 2. The van der Waals surface area contributed by atoms with E-state index < -0.39 is 9.84 Å². The van der Waals surface area contributed by atoms with E-state index in [1.54, 1.807) is 50.6 Å².